The van der Waals surface area contributed by atoms with Crippen molar-refractivity contribution in [2.75, 3.05) is 5.32 Å². The molecule has 0 bridgehead atoms. The van der Waals surface area contributed by atoms with Gasteiger partial charge in [-0.3, -0.25) is 4.79 Å². The van der Waals surface area contributed by atoms with E-state index in [2.05, 4.69) is 21.2 Å². The van der Waals surface area contributed by atoms with Crippen molar-refractivity contribution in [3.8, 4) is 0 Å². The number of benzene rings is 1. The zero-order chi connectivity index (χ0) is 8.97. The predicted molar refractivity (Wildman–Crippen MR) is 53.1 cm³/mol. The number of anilines is 1. The fourth-order valence-corrected chi connectivity index (χ4v) is 1.19. The summed E-state index contributed by atoms with van der Waals surface area (Å²) in [6.45, 7) is 1.83. The number of para-hydroxylation sites is 1. The molecule has 0 atom stereocenters. The summed E-state index contributed by atoms with van der Waals surface area (Å²) in [5.74, 6) is 0.0295. The van der Waals surface area contributed by atoms with Gasteiger partial charge in [0.15, 0.2) is 0 Å². The standard InChI is InChI=1S/C9H10BrNO/c1-2-9(12)11-8-6-4-3-5-7(8)10/h3-6H,2H2,1H3,(H,11,12). The fraction of sp³-hybridized carbons (Fsp3) is 0.222. The number of hydrogen-bond acceptors (Lipinski definition) is 1. The van der Waals surface area contributed by atoms with Crippen LogP contribution in [0.1, 0.15) is 13.3 Å². The van der Waals surface area contributed by atoms with Crippen molar-refractivity contribution in [2.45, 2.75) is 13.3 Å². The molecule has 0 radical (unpaired) electrons. The number of hydrogen-bond donors (Lipinski definition) is 1. The first-order valence-electron chi connectivity index (χ1n) is 3.78. The lowest BCUT2D eigenvalue weighted by atomic mass is 10.3. The maximum atomic E-state index is 11.0. The van der Waals surface area contributed by atoms with Crippen molar-refractivity contribution in [3.05, 3.63) is 28.7 Å². The number of nitrogens with one attached hydrogen (secondary N) is 1. The molecule has 0 spiro atoms. The zero-order valence-electron chi connectivity index (χ0n) is 6.80. The Morgan fingerprint density at radius 1 is 1.50 bits per heavy atom. The summed E-state index contributed by atoms with van der Waals surface area (Å²) < 4.78 is 0.909. The van der Waals surface area contributed by atoms with E-state index in [0.717, 1.165) is 10.2 Å². The Bertz CT molecular complexity index is 286. The molecule has 0 saturated heterocycles. The third-order valence-corrected chi connectivity index (χ3v) is 2.16. The molecule has 0 aliphatic heterocycles. The molecular formula is C9H10BrNO. The number of amides is 1. The van der Waals surface area contributed by atoms with Crippen molar-refractivity contribution >= 4 is 27.5 Å². The van der Waals surface area contributed by atoms with Gasteiger partial charge in [0.2, 0.25) is 5.91 Å². The van der Waals surface area contributed by atoms with Crippen LogP contribution in [-0.2, 0) is 4.79 Å². The van der Waals surface area contributed by atoms with Gasteiger partial charge in [-0.2, -0.15) is 0 Å². The smallest absolute Gasteiger partial charge is 0.224 e. The minimum Gasteiger partial charge on any atom is -0.325 e. The first-order valence-corrected chi connectivity index (χ1v) is 4.57. The number of rotatable bonds is 2. The van der Waals surface area contributed by atoms with Crippen LogP contribution in [0.5, 0.6) is 0 Å². The maximum absolute atomic E-state index is 11.0. The van der Waals surface area contributed by atoms with E-state index >= 15 is 0 Å². The highest BCUT2D eigenvalue weighted by atomic mass is 79.9. The van der Waals surface area contributed by atoms with Crippen LogP contribution in [-0.4, -0.2) is 5.91 Å². The van der Waals surface area contributed by atoms with Gasteiger partial charge in [0.05, 0.1) is 5.69 Å². The molecule has 3 heteroatoms. The van der Waals surface area contributed by atoms with Crippen LogP contribution < -0.4 is 5.32 Å². The molecular weight excluding hydrogens is 218 g/mol. The van der Waals surface area contributed by atoms with Gasteiger partial charge in [0, 0.05) is 10.9 Å². The van der Waals surface area contributed by atoms with Crippen molar-refractivity contribution < 1.29 is 4.79 Å². The van der Waals surface area contributed by atoms with E-state index in [1.54, 1.807) is 0 Å². The molecule has 0 unspecified atom stereocenters. The number of carbonyl (C=O) groups excluding carboxylic acids is 1. The Kier molecular flexibility index (Phi) is 3.29. The molecule has 1 amide bonds. The third kappa shape index (κ3) is 2.34. The second-order valence-corrected chi connectivity index (χ2v) is 3.24. The van der Waals surface area contributed by atoms with E-state index in [9.17, 15) is 4.79 Å². The zero-order valence-corrected chi connectivity index (χ0v) is 8.39. The minimum absolute atomic E-state index is 0.0295. The summed E-state index contributed by atoms with van der Waals surface area (Å²) in [4.78, 5) is 11.0. The Morgan fingerprint density at radius 3 is 2.75 bits per heavy atom. The Labute approximate surface area is 80.1 Å². The third-order valence-electron chi connectivity index (χ3n) is 1.47. The van der Waals surface area contributed by atoms with Crippen LogP contribution in [0.2, 0.25) is 0 Å². The molecule has 0 fully saturated rings. The van der Waals surface area contributed by atoms with E-state index in [0.29, 0.717) is 6.42 Å². The topological polar surface area (TPSA) is 29.1 Å². The summed E-state index contributed by atoms with van der Waals surface area (Å²) >= 11 is 3.34. The van der Waals surface area contributed by atoms with E-state index in [4.69, 9.17) is 0 Å². The van der Waals surface area contributed by atoms with Gasteiger partial charge in [-0.05, 0) is 28.1 Å². The fourth-order valence-electron chi connectivity index (χ4n) is 0.801. The first kappa shape index (κ1) is 9.26. The van der Waals surface area contributed by atoms with Gasteiger partial charge in [-0.15, -0.1) is 0 Å². The number of halogens is 1. The molecule has 2 nitrogen and oxygen atoms in total. The van der Waals surface area contributed by atoms with Gasteiger partial charge < -0.3 is 5.32 Å². The van der Waals surface area contributed by atoms with Crippen molar-refractivity contribution in [3.63, 3.8) is 0 Å². The highest BCUT2D eigenvalue weighted by Gasteiger charge is 2.00. The normalized spacial score (nSPS) is 9.50. The Hall–Kier alpha value is -0.830. The van der Waals surface area contributed by atoms with Gasteiger partial charge in [0.25, 0.3) is 0 Å². The Balaban J connectivity index is 2.75. The molecule has 0 aliphatic carbocycles. The average Bonchev–Trinajstić information content (AvgIpc) is 2.09. The highest BCUT2D eigenvalue weighted by molar-refractivity contribution is 9.10. The molecule has 0 aliphatic rings. The number of carbonyl (C=O) groups is 1. The lowest BCUT2D eigenvalue weighted by Crippen LogP contribution is -2.09. The first-order chi connectivity index (χ1) is 5.74. The second kappa shape index (κ2) is 4.26. The molecule has 0 heterocycles. The average molecular weight is 228 g/mol. The van der Waals surface area contributed by atoms with E-state index in [1.165, 1.54) is 0 Å². The minimum atomic E-state index is 0.0295. The van der Waals surface area contributed by atoms with E-state index in [1.807, 2.05) is 31.2 Å². The Morgan fingerprint density at radius 2 is 2.17 bits per heavy atom. The largest absolute Gasteiger partial charge is 0.325 e. The summed E-state index contributed by atoms with van der Waals surface area (Å²) in [7, 11) is 0. The highest BCUT2D eigenvalue weighted by Crippen LogP contribution is 2.20. The van der Waals surface area contributed by atoms with Gasteiger partial charge in [0.1, 0.15) is 0 Å². The van der Waals surface area contributed by atoms with E-state index < -0.39 is 0 Å². The molecule has 1 N–H and O–H groups in total. The molecule has 1 rings (SSSR count). The summed E-state index contributed by atoms with van der Waals surface area (Å²) in [6, 6.07) is 7.55. The molecule has 0 saturated carbocycles. The summed E-state index contributed by atoms with van der Waals surface area (Å²) in [5, 5.41) is 2.77. The van der Waals surface area contributed by atoms with Crippen LogP contribution in [0.3, 0.4) is 0 Å². The summed E-state index contributed by atoms with van der Waals surface area (Å²) in [5.41, 5.74) is 0.823. The van der Waals surface area contributed by atoms with Crippen molar-refractivity contribution in [1.29, 1.82) is 0 Å². The SMILES string of the molecule is CCC(=O)Nc1ccccc1Br. The van der Waals surface area contributed by atoms with E-state index in [-0.39, 0.29) is 5.91 Å². The van der Waals surface area contributed by atoms with Crippen molar-refractivity contribution in [1.82, 2.24) is 0 Å². The van der Waals surface area contributed by atoms with Crippen molar-refractivity contribution in [2.24, 2.45) is 0 Å². The predicted octanol–water partition coefficient (Wildman–Crippen LogP) is 2.80. The molecule has 0 aromatic heterocycles. The molecule has 12 heavy (non-hydrogen) atoms. The van der Waals surface area contributed by atoms with Crippen LogP contribution in [0.25, 0.3) is 0 Å². The summed E-state index contributed by atoms with van der Waals surface area (Å²) in [6.07, 6.45) is 0.501. The maximum Gasteiger partial charge on any atom is 0.224 e. The van der Waals surface area contributed by atoms with Crippen LogP contribution in [0, 0.1) is 0 Å². The lowest BCUT2D eigenvalue weighted by Gasteiger charge is -2.04. The van der Waals surface area contributed by atoms with Crippen LogP contribution >= 0.6 is 15.9 Å². The lowest BCUT2D eigenvalue weighted by molar-refractivity contribution is -0.115. The van der Waals surface area contributed by atoms with Crippen LogP contribution in [0.4, 0.5) is 5.69 Å². The van der Waals surface area contributed by atoms with Gasteiger partial charge in [-0.25, -0.2) is 0 Å². The van der Waals surface area contributed by atoms with Gasteiger partial charge in [-0.1, -0.05) is 19.1 Å². The molecule has 1 aromatic carbocycles. The molecule has 1 aromatic rings. The van der Waals surface area contributed by atoms with Crippen LogP contribution in [0.15, 0.2) is 28.7 Å². The molecule has 64 valence electrons. The monoisotopic (exact) mass is 227 g/mol. The van der Waals surface area contributed by atoms with Gasteiger partial charge >= 0.3 is 0 Å². The quantitative estimate of drug-likeness (QED) is 0.828. The second-order valence-electron chi connectivity index (χ2n) is 2.38.